The standard InChI is InChI=1S/C20H23N5O3S3/c1-24(2)31(27,28)17-9-5-14(6-10-17)21-19(26)13-30-20-23-22-18(25(20)15-7-8-15)12-16-4-3-11-29-16/h3-6,9-11,15H,7-8,12-13H2,1-2H3,(H,21,26). The summed E-state index contributed by atoms with van der Waals surface area (Å²) in [5.74, 6) is 0.950. The maximum atomic E-state index is 12.4. The van der Waals surface area contributed by atoms with E-state index in [1.54, 1.807) is 23.5 Å². The van der Waals surface area contributed by atoms with E-state index in [-0.39, 0.29) is 16.6 Å². The van der Waals surface area contributed by atoms with Gasteiger partial charge in [-0.15, -0.1) is 21.5 Å². The minimum atomic E-state index is -3.49. The number of carbonyl (C=O) groups is 1. The van der Waals surface area contributed by atoms with Crippen molar-refractivity contribution in [1.82, 2.24) is 19.1 Å². The van der Waals surface area contributed by atoms with Crippen LogP contribution in [0, 0.1) is 0 Å². The highest BCUT2D eigenvalue weighted by atomic mass is 32.2. The molecule has 164 valence electrons. The average Bonchev–Trinajstić information content (AvgIpc) is 3.29. The molecule has 4 rings (SSSR count). The van der Waals surface area contributed by atoms with Gasteiger partial charge in [-0.1, -0.05) is 17.8 Å². The van der Waals surface area contributed by atoms with E-state index in [4.69, 9.17) is 0 Å². The summed E-state index contributed by atoms with van der Waals surface area (Å²) >= 11 is 3.06. The molecule has 1 saturated carbocycles. The number of thiophene rings is 1. The second kappa shape index (κ2) is 9.11. The van der Waals surface area contributed by atoms with E-state index in [2.05, 4.69) is 31.5 Å². The van der Waals surface area contributed by atoms with E-state index in [9.17, 15) is 13.2 Å². The summed E-state index contributed by atoms with van der Waals surface area (Å²) in [4.78, 5) is 13.8. The van der Waals surface area contributed by atoms with Gasteiger partial charge in [-0.05, 0) is 48.6 Å². The van der Waals surface area contributed by atoms with Crippen LogP contribution >= 0.6 is 23.1 Å². The number of aromatic nitrogens is 3. The molecule has 0 saturated heterocycles. The molecular formula is C20H23N5O3S3. The monoisotopic (exact) mass is 477 g/mol. The Morgan fingerprint density at radius 1 is 1.23 bits per heavy atom. The number of hydrogen-bond donors (Lipinski definition) is 1. The summed E-state index contributed by atoms with van der Waals surface area (Å²) < 4.78 is 27.6. The lowest BCUT2D eigenvalue weighted by atomic mass is 10.3. The van der Waals surface area contributed by atoms with Gasteiger partial charge in [0.15, 0.2) is 5.16 Å². The van der Waals surface area contributed by atoms with Crippen LogP contribution in [0.5, 0.6) is 0 Å². The summed E-state index contributed by atoms with van der Waals surface area (Å²) in [6, 6.07) is 10.7. The number of thioether (sulfide) groups is 1. The maximum absolute atomic E-state index is 12.4. The van der Waals surface area contributed by atoms with Gasteiger partial charge in [0.25, 0.3) is 0 Å². The molecule has 0 aliphatic heterocycles. The van der Waals surface area contributed by atoms with Crippen molar-refractivity contribution in [2.75, 3.05) is 25.2 Å². The third-order valence-corrected chi connectivity index (χ3v) is 8.46. The fourth-order valence-corrected chi connectivity index (χ4v) is 5.47. The Hall–Kier alpha value is -2.21. The SMILES string of the molecule is CN(C)S(=O)(=O)c1ccc(NC(=O)CSc2nnc(Cc3cccs3)n2C2CC2)cc1. The van der Waals surface area contributed by atoms with Crippen molar-refractivity contribution in [3.8, 4) is 0 Å². The number of nitrogens with zero attached hydrogens (tertiary/aromatic N) is 4. The van der Waals surface area contributed by atoms with Crippen LogP contribution in [0.1, 0.15) is 29.6 Å². The Kier molecular flexibility index (Phi) is 6.47. The average molecular weight is 478 g/mol. The molecule has 0 spiro atoms. The van der Waals surface area contributed by atoms with Crippen molar-refractivity contribution >= 4 is 44.7 Å². The van der Waals surface area contributed by atoms with Gasteiger partial charge < -0.3 is 9.88 Å². The van der Waals surface area contributed by atoms with Crippen LogP contribution in [0.15, 0.2) is 51.8 Å². The van der Waals surface area contributed by atoms with Crippen LogP contribution in [0.4, 0.5) is 5.69 Å². The highest BCUT2D eigenvalue weighted by Gasteiger charge is 2.30. The largest absolute Gasteiger partial charge is 0.325 e. The topological polar surface area (TPSA) is 97.2 Å². The van der Waals surface area contributed by atoms with Crippen molar-refractivity contribution in [2.45, 2.75) is 35.4 Å². The van der Waals surface area contributed by atoms with E-state index >= 15 is 0 Å². The third kappa shape index (κ3) is 5.17. The minimum Gasteiger partial charge on any atom is -0.325 e. The number of anilines is 1. The molecular weight excluding hydrogens is 454 g/mol. The molecule has 1 aliphatic carbocycles. The second-order valence-corrected chi connectivity index (χ2v) is 11.5. The molecule has 1 aliphatic rings. The Labute approximate surface area is 189 Å². The van der Waals surface area contributed by atoms with Gasteiger partial charge in [0.1, 0.15) is 5.82 Å². The molecule has 2 heterocycles. The van der Waals surface area contributed by atoms with Crippen molar-refractivity contribution in [3.63, 3.8) is 0 Å². The summed E-state index contributed by atoms with van der Waals surface area (Å²) in [7, 11) is -0.532. The van der Waals surface area contributed by atoms with Crippen LogP contribution in [0.3, 0.4) is 0 Å². The molecule has 8 nitrogen and oxygen atoms in total. The predicted molar refractivity (Wildman–Crippen MR) is 122 cm³/mol. The van der Waals surface area contributed by atoms with E-state index < -0.39 is 10.0 Å². The predicted octanol–water partition coefficient (Wildman–Crippen LogP) is 3.25. The Balaban J connectivity index is 1.37. The van der Waals surface area contributed by atoms with Crippen LogP contribution in [0.25, 0.3) is 0 Å². The molecule has 3 aromatic rings. The molecule has 31 heavy (non-hydrogen) atoms. The molecule has 1 amide bonds. The quantitative estimate of drug-likeness (QED) is 0.475. The Morgan fingerprint density at radius 3 is 2.58 bits per heavy atom. The lowest BCUT2D eigenvalue weighted by molar-refractivity contribution is -0.113. The molecule has 0 unspecified atom stereocenters. The molecule has 11 heteroatoms. The van der Waals surface area contributed by atoms with Crippen molar-refractivity contribution in [1.29, 1.82) is 0 Å². The Morgan fingerprint density at radius 2 is 1.97 bits per heavy atom. The van der Waals surface area contributed by atoms with Crippen LogP contribution in [0.2, 0.25) is 0 Å². The van der Waals surface area contributed by atoms with Gasteiger partial charge in [-0.3, -0.25) is 4.79 Å². The smallest absolute Gasteiger partial charge is 0.242 e. The maximum Gasteiger partial charge on any atom is 0.242 e. The first-order chi connectivity index (χ1) is 14.8. The van der Waals surface area contributed by atoms with Gasteiger partial charge in [-0.2, -0.15) is 0 Å². The zero-order valence-electron chi connectivity index (χ0n) is 17.2. The molecule has 2 aromatic heterocycles. The van der Waals surface area contributed by atoms with Gasteiger partial charge in [-0.25, -0.2) is 12.7 Å². The zero-order valence-corrected chi connectivity index (χ0v) is 19.6. The molecule has 0 bridgehead atoms. The summed E-state index contributed by atoms with van der Waals surface area (Å²) in [6.07, 6.45) is 2.96. The van der Waals surface area contributed by atoms with Gasteiger partial charge in [0.2, 0.25) is 15.9 Å². The first-order valence-corrected chi connectivity index (χ1v) is 13.1. The molecule has 1 N–H and O–H groups in total. The lowest BCUT2D eigenvalue weighted by Crippen LogP contribution is -2.22. The van der Waals surface area contributed by atoms with Gasteiger partial charge >= 0.3 is 0 Å². The number of rotatable bonds is 9. The van der Waals surface area contributed by atoms with Crippen molar-refractivity contribution in [2.24, 2.45) is 0 Å². The minimum absolute atomic E-state index is 0.181. The molecule has 0 atom stereocenters. The second-order valence-electron chi connectivity index (χ2n) is 7.40. The fourth-order valence-electron chi connectivity index (χ4n) is 3.04. The van der Waals surface area contributed by atoms with Crippen molar-refractivity contribution in [3.05, 3.63) is 52.5 Å². The van der Waals surface area contributed by atoms with Gasteiger partial charge in [0, 0.05) is 37.1 Å². The van der Waals surface area contributed by atoms with Crippen LogP contribution in [-0.2, 0) is 21.2 Å². The summed E-state index contributed by atoms with van der Waals surface area (Å²) in [5.41, 5.74) is 0.547. The first-order valence-electron chi connectivity index (χ1n) is 9.76. The van der Waals surface area contributed by atoms with Crippen LogP contribution in [-0.4, -0.2) is 53.2 Å². The normalized spacial score (nSPS) is 14.2. The first kappa shape index (κ1) is 22.0. The molecule has 1 aromatic carbocycles. The highest BCUT2D eigenvalue weighted by Crippen LogP contribution is 2.39. The van der Waals surface area contributed by atoms with E-state index in [1.807, 2.05) is 6.07 Å². The number of carbonyl (C=O) groups excluding carboxylic acids is 1. The molecule has 0 radical (unpaired) electrons. The lowest BCUT2D eigenvalue weighted by Gasteiger charge is -2.12. The van der Waals surface area contributed by atoms with Gasteiger partial charge in [0.05, 0.1) is 10.6 Å². The Bertz CT molecular complexity index is 1150. The third-order valence-electron chi connectivity index (χ3n) is 4.81. The number of benzene rings is 1. The number of hydrogen-bond acceptors (Lipinski definition) is 7. The van der Waals surface area contributed by atoms with E-state index in [0.717, 1.165) is 34.5 Å². The van der Waals surface area contributed by atoms with Crippen LogP contribution < -0.4 is 5.32 Å². The highest BCUT2D eigenvalue weighted by molar-refractivity contribution is 7.99. The number of amides is 1. The fraction of sp³-hybridized carbons (Fsp3) is 0.350. The zero-order chi connectivity index (χ0) is 22.0. The summed E-state index contributed by atoms with van der Waals surface area (Å²) in [5, 5.41) is 14.3. The van der Waals surface area contributed by atoms with E-state index in [1.165, 1.54) is 42.9 Å². The van der Waals surface area contributed by atoms with Crippen molar-refractivity contribution < 1.29 is 13.2 Å². The number of nitrogens with one attached hydrogen (secondary N) is 1. The molecule has 1 fully saturated rings. The van der Waals surface area contributed by atoms with E-state index in [0.29, 0.717) is 11.7 Å². The number of sulfonamides is 1. The summed E-state index contributed by atoms with van der Waals surface area (Å²) in [6.45, 7) is 0.